The SMILES string of the molecule is C=NC1(N)OC(N)(C(N)(I)C2(N)OC(N=C)(N=C)C(N)(N)C2(N)N)C(N)(N)C1(N)N. The lowest BCUT2D eigenvalue weighted by Gasteiger charge is -2.55. The van der Waals surface area contributed by atoms with Crippen LogP contribution < -0.4 is 68.8 Å². The summed E-state index contributed by atoms with van der Waals surface area (Å²) in [6.45, 7) is 9.92. The maximum absolute atomic E-state index is 6.50. The fourth-order valence-corrected chi connectivity index (χ4v) is 4.67. The molecule has 0 aromatic carbocycles. The lowest BCUT2D eigenvalue weighted by molar-refractivity contribution is -0.198. The molecular formula is C12H30IN15O2. The van der Waals surface area contributed by atoms with E-state index in [-0.39, 0.29) is 0 Å². The molecule has 0 aliphatic carbocycles. The second kappa shape index (κ2) is 6.15. The van der Waals surface area contributed by atoms with Crippen LogP contribution in [0.2, 0.25) is 0 Å². The Morgan fingerprint density at radius 3 is 1.27 bits per heavy atom. The van der Waals surface area contributed by atoms with E-state index in [2.05, 4.69) is 35.1 Å². The van der Waals surface area contributed by atoms with Crippen LogP contribution >= 0.6 is 22.6 Å². The third-order valence-corrected chi connectivity index (χ3v) is 7.70. The van der Waals surface area contributed by atoms with Gasteiger partial charge in [-0.25, -0.2) is 15.0 Å². The molecule has 0 bridgehead atoms. The lowest BCUT2D eigenvalue weighted by atomic mass is 9.74. The number of ether oxygens (including phenoxy) is 2. The zero-order valence-electron chi connectivity index (χ0n) is 16.1. The van der Waals surface area contributed by atoms with Gasteiger partial charge in [-0.3, -0.25) is 17.2 Å². The second-order valence-corrected chi connectivity index (χ2v) is 9.34. The zero-order chi connectivity index (χ0) is 24.0. The fraction of sp³-hybridized carbons (Fsp3) is 0.750. The summed E-state index contributed by atoms with van der Waals surface area (Å²) in [7, 11) is 0. The molecule has 2 aliphatic rings. The summed E-state index contributed by atoms with van der Waals surface area (Å²) in [6, 6.07) is 0. The highest BCUT2D eigenvalue weighted by Gasteiger charge is 2.87. The Bertz CT molecular complexity index is 790. The molecule has 4 unspecified atom stereocenters. The van der Waals surface area contributed by atoms with Crippen molar-refractivity contribution in [1.82, 2.24) is 0 Å². The van der Waals surface area contributed by atoms with Crippen LogP contribution in [0.15, 0.2) is 15.0 Å². The first-order valence-corrected chi connectivity index (χ1v) is 9.17. The van der Waals surface area contributed by atoms with Gasteiger partial charge in [0.2, 0.25) is 5.85 Å². The molecule has 0 saturated carbocycles. The van der Waals surface area contributed by atoms with Crippen LogP contribution in [0.5, 0.6) is 0 Å². The Morgan fingerprint density at radius 1 is 0.600 bits per heavy atom. The molecule has 0 spiro atoms. The van der Waals surface area contributed by atoms with Gasteiger partial charge in [0.1, 0.15) is 11.3 Å². The van der Waals surface area contributed by atoms with Gasteiger partial charge in [-0.05, 0) is 20.2 Å². The Balaban J connectivity index is 2.85. The van der Waals surface area contributed by atoms with Gasteiger partial charge in [-0.15, -0.1) is 0 Å². The number of aliphatic imine (C=N–C) groups is 3. The molecule has 2 fully saturated rings. The highest BCUT2D eigenvalue weighted by atomic mass is 127. The van der Waals surface area contributed by atoms with Crippen molar-refractivity contribution < 1.29 is 9.47 Å². The van der Waals surface area contributed by atoms with Gasteiger partial charge in [-0.2, -0.15) is 0 Å². The molecular weight excluding hydrogens is 513 g/mol. The van der Waals surface area contributed by atoms with Gasteiger partial charge in [0.25, 0.3) is 5.85 Å². The van der Waals surface area contributed by atoms with Gasteiger partial charge < -0.3 is 61.1 Å². The molecule has 2 aliphatic heterocycles. The number of nitrogens with two attached hydrogens (primary N) is 12. The Morgan fingerprint density at radius 2 is 0.967 bits per heavy atom. The van der Waals surface area contributed by atoms with Crippen molar-refractivity contribution in [3.05, 3.63) is 0 Å². The van der Waals surface area contributed by atoms with Crippen LogP contribution in [0.4, 0.5) is 0 Å². The number of hydrogen-bond acceptors (Lipinski definition) is 17. The summed E-state index contributed by atoms with van der Waals surface area (Å²) in [5.41, 5.74) is 59.8. The van der Waals surface area contributed by atoms with E-state index in [0.29, 0.717) is 0 Å². The molecule has 0 radical (unpaired) electrons. The molecule has 172 valence electrons. The molecule has 17 nitrogen and oxygen atoms in total. The third-order valence-electron chi connectivity index (χ3n) is 6.09. The van der Waals surface area contributed by atoms with E-state index in [1.165, 1.54) is 22.6 Å². The van der Waals surface area contributed by atoms with Crippen molar-refractivity contribution in [1.29, 1.82) is 0 Å². The van der Waals surface area contributed by atoms with Crippen LogP contribution in [-0.2, 0) is 9.47 Å². The predicted octanol–water partition coefficient (Wildman–Crippen LogP) is -7.73. The Labute approximate surface area is 185 Å². The van der Waals surface area contributed by atoms with E-state index in [0.717, 1.165) is 0 Å². The number of rotatable bonds is 5. The topological polar surface area (TPSA) is 368 Å². The first kappa shape index (κ1) is 25.4. The van der Waals surface area contributed by atoms with Gasteiger partial charge >= 0.3 is 0 Å². The normalized spacial score (nSPS) is 42.3. The van der Waals surface area contributed by atoms with Gasteiger partial charge in [0.15, 0.2) is 26.3 Å². The highest BCUT2D eigenvalue weighted by molar-refractivity contribution is 14.1. The van der Waals surface area contributed by atoms with Gasteiger partial charge in [0, 0.05) is 0 Å². The van der Waals surface area contributed by atoms with E-state index in [9.17, 15) is 0 Å². The van der Waals surface area contributed by atoms with E-state index in [1.54, 1.807) is 0 Å². The fourth-order valence-electron chi connectivity index (χ4n) is 3.55. The average Bonchev–Trinajstić information content (AvgIpc) is 2.83. The minimum atomic E-state index is -2.56. The summed E-state index contributed by atoms with van der Waals surface area (Å²) in [5, 5.41) is 0. The number of hydrogen-bond donors (Lipinski definition) is 12. The summed E-state index contributed by atoms with van der Waals surface area (Å²) < 4.78 is 8.96. The second-order valence-electron chi connectivity index (χ2n) is 7.64. The summed E-state index contributed by atoms with van der Waals surface area (Å²) in [4.78, 5) is 10.9. The number of halogens is 1. The van der Waals surface area contributed by atoms with Crippen molar-refractivity contribution in [3.8, 4) is 0 Å². The first-order valence-electron chi connectivity index (χ1n) is 8.09. The lowest BCUT2D eigenvalue weighted by Crippen LogP contribution is -2.96. The van der Waals surface area contributed by atoms with Crippen LogP contribution in [0.1, 0.15) is 0 Å². The summed E-state index contributed by atoms with van der Waals surface area (Å²) in [6.07, 6.45) is 0. The van der Waals surface area contributed by atoms with Crippen molar-refractivity contribution >= 4 is 42.7 Å². The average molecular weight is 543 g/mol. The van der Waals surface area contributed by atoms with Crippen molar-refractivity contribution in [2.24, 2.45) is 83.8 Å². The summed E-state index contributed by atoms with van der Waals surface area (Å²) >= 11 is 1.47. The number of alkyl halides is 1. The van der Waals surface area contributed by atoms with Crippen LogP contribution in [0, 0.1) is 0 Å². The molecule has 0 amide bonds. The van der Waals surface area contributed by atoms with Crippen molar-refractivity contribution in [3.63, 3.8) is 0 Å². The minimum absolute atomic E-state index is 1.47. The molecule has 2 heterocycles. The molecule has 18 heteroatoms. The van der Waals surface area contributed by atoms with Gasteiger partial charge in [0.05, 0.1) is 0 Å². The standard InChI is InChI=1S/C12H30IN15O2/c1-26-11(25)7(19,20)5(15,16)9(23,29-11)4(13,14)10(24)6(17,18)8(21,22)12(27-2,28-3)30-10/h1-3,14-25H2. The molecule has 2 rings (SSSR count). The smallest absolute Gasteiger partial charge is 0.293 e. The van der Waals surface area contributed by atoms with Crippen LogP contribution in [0.25, 0.3) is 0 Å². The monoisotopic (exact) mass is 543 g/mol. The molecule has 30 heavy (non-hydrogen) atoms. The maximum Gasteiger partial charge on any atom is 0.293 e. The first-order chi connectivity index (χ1) is 13.1. The van der Waals surface area contributed by atoms with Crippen LogP contribution in [-0.4, -0.2) is 69.5 Å². The predicted molar refractivity (Wildman–Crippen MR) is 120 cm³/mol. The highest BCUT2D eigenvalue weighted by Crippen LogP contribution is 2.56. The Hall–Kier alpha value is -0.820. The largest absolute Gasteiger partial charge is 0.311 e. The van der Waals surface area contributed by atoms with E-state index in [1.807, 2.05) is 0 Å². The molecule has 0 aromatic rings. The van der Waals surface area contributed by atoms with Crippen molar-refractivity contribution in [2.45, 2.75) is 49.3 Å². The van der Waals surface area contributed by atoms with E-state index < -0.39 is 49.3 Å². The number of nitrogens with zero attached hydrogens (tertiary/aromatic N) is 3. The zero-order valence-corrected chi connectivity index (χ0v) is 18.2. The third kappa shape index (κ3) is 2.19. The molecule has 24 N–H and O–H groups in total. The maximum atomic E-state index is 6.50. The van der Waals surface area contributed by atoms with E-state index in [4.69, 9.17) is 78.3 Å². The molecule has 4 atom stereocenters. The van der Waals surface area contributed by atoms with Crippen LogP contribution in [0.3, 0.4) is 0 Å². The molecule has 2 saturated heterocycles. The van der Waals surface area contributed by atoms with Gasteiger partial charge in [-0.1, -0.05) is 22.6 Å². The van der Waals surface area contributed by atoms with E-state index >= 15 is 0 Å². The van der Waals surface area contributed by atoms with Crippen molar-refractivity contribution in [2.75, 3.05) is 0 Å². The Kier molecular flexibility index (Phi) is 5.22. The minimum Gasteiger partial charge on any atom is -0.311 e. The summed E-state index contributed by atoms with van der Waals surface area (Å²) in [5.74, 6) is -4.62. The molecule has 0 aromatic heterocycles. The quantitative estimate of drug-likeness (QED) is 0.0504.